The van der Waals surface area contributed by atoms with Gasteiger partial charge in [0.1, 0.15) is 5.75 Å². The van der Waals surface area contributed by atoms with Crippen molar-refractivity contribution < 1.29 is 4.74 Å². The summed E-state index contributed by atoms with van der Waals surface area (Å²) < 4.78 is 5.87. The molecule has 0 spiro atoms. The number of hydrogen-bond donors (Lipinski definition) is 1. The molecule has 0 aliphatic rings. The Hall–Kier alpha value is -1.87. The average molecular weight is 284 g/mol. The van der Waals surface area contributed by atoms with Crippen LogP contribution < -0.4 is 10.5 Å². The van der Waals surface area contributed by atoms with Gasteiger partial charge in [0.25, 0.3) is 0 Å². The predicted molar refractivity (Wildman–Crippen MR) is 87.0 cm³/mol. The van der Waals surface area contributed by atoms with Crippen LogP contribution in [0.5, 0.6) is 11.6 Å². The Morgan fingerprint density at radius 2 is 1.95 bits per heavy atom. The van der Waals surface area contributed by atoms with Crippen LogP contribution in [0, 0.1) is 6.92 Å². The molecule has 0 aliphatic heterocycles. The number of hydrogen-bond acceptors (Lipinski definition) is 3. The van der Waals surface area contributed by atoms with Crippen molar-refractivity contribution in [1.29, 1.82) is 0 Å². The number of nitrogens with zero attached hydrogens (tertiary/aromatic N) is 1. The average Bonchev–Trinajstić information content (AvgIpc) is 2.50. The number of rotatable bonds is 6. The number of aryl methyl sites for hydroxylation is 1. The molecule has 112 valence electrons. The molecule has 0 saturated heterocycles. The van der Waals surface area contributed by atoms with Crippen molar-refractivity contribution in [2.24, 2.45) is 5.73 Å². The summed E-state index contributed by atoms with van der Waals surface area (Å²) >= 11 is 0. The van der Waals surface area contributed by atoms with Gasteiger partial charge in [0.05, 0.1) is 0 Å². The van der Waals surface area contributed by atoms with E-state index in [1.165, 1.54) is 5.56 Å². The minimum absolute atomic E-state index is 0.578. The van der Waals surface area contributed by atoms with E-state index in [1.807, 2.05) is 25.3 Å². The van der Waals surface area contributed by atoms with Crippen LogP contribution in [0.15, 0.2) is 36.5 Å². The van der Waals surface area contributed by atoms with E-state index in [9.17, 15) is 0 Å². The van der Waals surface area contributed by atoms with Crippen LogP contribution in [0.2, 0.25) is 0 Å². The van der Waals surface area contributed by atoms with E-state index in [0.717, 1.165) is 29.7 Å². The molecule has 0 fully saturated rings. The van der Waals surface area contributed by atoms with Gasteiger partial charge in [0.2, 0.25) is 5.88 Å². The number of ether oxygens (including phenoxy) is 1. The molecule has 21 heavy (non-hydrogen) atoms. The van der Waals surface area contributed by atoms with E-state index < -0.39 is 0 Å². The van der Waals surface area contributed by atoms with Crippen LogP contribution in [0.25, 0.3) is 0 Å². The fourth-order valence-corrected chi connectivity index (χ4v) is 2.24. The van der Waals surface area contributed by atoms with Crippen molar-refractivity contribution in [2.45, 2.75) is 39.5 Å². The van der Waals surface area contributed by atoms with Crippen molar-refractivity contribution in [3.05, 3.63) is 53.2 Å². The lowest BCUT2D eigenvalue weighted by Gasteiger charge is -2.11. The zero-order valence-electron chi connectivity index (χ0n) is 13.1. The highest BCUT2D eigenvalue weighted by Gasteiger charge is 2.06. The lowest BCUT2D eigenvalue weighted by Crippen LogP contribution is -2.03. The monoisotopic (exact) mass is 284 g/mol. The quantitative estimate of drug-likeness (QED) is 0.865. The molecule has 1 unspecified atom stereocenters. The second-order valence-electron chi connectivity index (χ2n) is 5.48. The third-order valence-corrected chi connectivity index (χ3v) is 3.80. The van der Waals surface area contributed by atoms with Crippen LogP contribution in [0.3, 0.4) is 0 Å². The lowest BCUT2D eigenvalue weighted by atomic mass is 9.99. The molecule has 0 saturated carbocycles. The van der Waals surface area contributed by atoms with E-state index in [4.69, 9.17) is 10.5 Å². The van der Waals surface area contributed by atoms with E-state index in [-0.39, 0.29) is 0 Å². The Morgan fingerprint density at radius 3 is 2.52 bits per heavy atom. The van der Waals surface area contributed by atoms with Gasteiger partial charge in [0.15, 0.2) is 0 Å². The summed E-state index contributed by atoms with van der Waals surface area (Å²) in [6, 6.07) is 10.4. The van der Waals surface area contributed by atoms with E-state index in [2.05, 4.69) is 37.0 Å². The maximum absolute atomic E-state index is 5.87. The van der Waals surface area contributed by atoms with Gasteiger partial charge >= 0.3 is 0 Å². The summed E-state index contributed by atoms with van der Waals surface area (Å²) in [6.45, 7) is 7.08. The zero-order valence-corrected chi connectivity index (χ0v) is 13.1. The predicted octanol–water partition coefficient (Wildman–Crippen LogP) is 4.20. The molecule has 0 amide bonds. The molecular weight excluding hydrogens is 260 g/mol. The van der Waals surface area contributed by atoms with Crippen LogP contribution >= 0.6 is 0 Å². The molecule has 1 heterocycles. The van der Waals surface area contributed by atoms with Crippen molar-refractivity contribution in [2.75, 3.05) is 6.54 Å². The van der Waals surface area contributed by atoms with Crippen molar-refractivity contribution in [3.63, 3.8) is 0 Å². The largest absolute Gasteiger partial charge is 0.439 e. The smallest absolute Gasteiger partial charge is 0.222 e. The minimum atomic E-state index is 0.578. The van der Waals surface area contributed by atoms with Gasteiger partial charge < -0.3 is 10.5 Å². The Morgan fingerprint density at radius 1 is 1.24 bits per heavy atom. The topological polar surface area (TPSA) is 48.1 Å². The summed E-state index contributed by atoms with van der Waals surface area (Å²) in [6.07, 6.45) is 3.82. The fourth-order valence-electron chi connectivity index (χ4n) is 2.24. The minimum Gasteiger partial charge on any atom is -0.439 e. The maximum Gasteiger partial charge on any atom is 0.222 e. The molecule has 3 nitrogen and oxygen atoms in total. The highest BCUT2D eigenvalue weighted by atomic mass is 16.5. The van der Waals surface area contributed by atoms with Gasteiger partial charge in [-0.05, 0) is 61.6 Å². The van der Waals surface area contributed by atoms with Crippen LogP contribution in [-0.2, 0) is 6.42 Å². The van der Waals surface area contributed by atoms with Gasteiger partial charge in [-0.25, -0.2) is 4.98 Å². The summed E-state index contributed by atoms with van der Waals surface area (Å²) in [5.74, 6) is 2.06. The Balaban J connectivity index is 2.11. The first-order valence-corrected chi connectivity index (χ1v) is 7.57. The number of pyridine rings is 1. The molecular formula is C18H24N2O. The summed E-state index contributed by atoms with van der Waals surface area (Å²) in [5, 5.41) is 0. The summed E-state index contributed by atoms with van der Waals surface area (Å²) in [7, 11) is 0. The maximum atomic E-state index is 5.87. The van der Waals surface area contributed by atoms with Crippen LogP contribution in [-0.4, -0.2) is 11.5 Å². The van der Waals surface area contributed by atoms with E-state index in [0.29, 0.717) is 18.3 Å². The van der Waals surface area contributed by atoms with E-state index in [1.54, 1.807) is 0 Å². The van der Waals surface area contributed by atoms with Crippen molar-refractivity contribution in [3.8, 4) is 11.6 Å². The lowest BCUT2D eigenvalue weighted by molar-refractivity contribution is 0.458. The molecule has 1 aromatic carbocycles. The third kappa shape index (κ3) is 4.05. The van der Waals surface area contributed by atoms with Crippen LogP contribution in [0.4, 0.5) is 0 Å². The van der Waals surface area contributed by atoms with Gasteiger partial charge in [0, 0.05) is 11.8 Å². The molecule has 2 aromatic rings. The first-order valence-electron chi connectivity index (χ1n) is 7.57. The molecule has 3 heteroatoms. The molecule has 0 aliphatic carbocycles. The summed E-state index contributed by atoms with van der Waals surface area (Å²) in [4.78, 5) is 4.39. The van der Waals surface area contributed by atoms with Crippen molar-refractivity contribution in [1.82, 2.24) is 4.98 Å². The number of nitrogens with two attached hydrogens (primary N) is 1. The zero-order chi connectivity index (χ0) is 15.2. The normalized spacial score (nSPS) is 12.2. The Labute approximate surface area is 127 Å². The van der Waals surface area contributed by atoms with Crippen molar-refractivity contribution >= 4 is 0 Å². The van der Waals surface area contributed by atoms with Crippen LogP contribution in [0.1, 0.15) is 42.9 Å². The summed E-state index contributed by atoms with van der Waals surface area (Å²) in [5.41, 5.74) is 9.09. The Bertz CT molecular complexity index is 578. The highest BCUT2D eigenvalue weighted by Crippen LogP contribution is 2.26. The molecule has 0 radical (unpaired) electrons. The van der Waals surface area contributed by atoms with E-state index >= 15 is 0 Å². The van der Waals surface area contributed by atoms with Gasteiger partial charge in [-0.3, -0.25) is 0 Å². The standard InChI is InChI=1S/C18H24N2O/c1-4-13(2)16-5-7-17(8-6-16)21-18-14(3)11-15(9-10-19)12-20-18/h5-8,11-13H,4,9-10,19H2,1-3H3. The molecule has 1 aromatic heterocycles. The molecule has 2 rings (SSSR count). The first-order chi connectivity index (χ1) is 10.1. The second-order valence-corrected chi connectivity index (χ2v) is 5.48. The van der Waals surface area contributed by atoms with Gasteiger partial charge in [-0.15, -0.1) is 0 Å². The molecule has 0 bridgehead atoms. The first kappa shape index (κ1) is 15.5. The van der Waals surface area contributed by atoms with Gasteiger partial charge in [-0.1, -0.05) is 26.0 Å². The fraction of sp³-hybridized carbons (Fsp3) is 0.389. The Kier molecular flexibility index (Phi) is 5.34. The van der Waals surface area contributed by atoms with Gasteiger partial charge in [-0.2, -0.15) is 0 Å². The number of aromatic nitrogens is 1. The highest BCUT2D eigenvalue weighted by molar-refractivity contribution is 5.35. The SMILES string of the molecule is CCC(C)c1ccc(Oc2ncc(CCN)cc2C)cc1. The third-order valence-electron chi connectivity index (χ3n) is 3.80. The molecule has 2 N–H and O–H groups in total. The second kappa shape index (κ2) is 7.23. The molecule has 1 atom stereocenters. The number of benzene rings is 1.